The number of nitrogens with zero attached hydrogens (tertiary/aromatic N) is 3. The van der Waals surface area contributed by atoms with Crippen LogP contribution in [0, 0.1) is 5.92 Å². The van der Waals surface area contributed by atoms with Crippen molar-refractivity contribution in [3.63, 3.8) is 0 Å². The summed E-state index contributed by atoms with van der Waals surface area (Å²) >= 11 is 3.33. The fourth-order valence-corrected chi connectivity index (χ4v) is 2.23. The van der Waals surface area contributed by atoms with E-state index >= 15 is 0 Å². The maximum absolute atomic E-state index is 12.1. The molecule has 3 rings (SSSR count). The molecule has 6 nitrogen and oxygen atoms in total. The Hall–Kier alpha value is -1.63. The van der Waals surface area contributed by atoms with Crippen LogP contribution in [0.1, 0.15) is 18.5 Å². The lowest BCUT2D eigenvalue weighted by Gasteiger charge is -2.09. The van der Waals surface area contributed by atoms with Crippen molar-refractivity contribution in [1.29, 1.82) is 0 Å². The molecule has 0 unspecified atom stereocenters. The Morgan fingerprint density at radius 3 is 3.05 bits per heavy atom. The van der Waals surface area contributed by atoms with Crippen LogP contribution in [0.2, 0.25) is 0 Å². The number of aromatic nitrogens is 3. The van der Waals surface area contributed by atoms with E-state index in [0.717, 1.165) is 5.69 Å². The van der Waals surface area contributed by atoms with Gasteiger partial charge in [0, 0.05) is 12.6 Å². The van der Waals surface area contributed by atoms with E-state index in [1.165, 1.54) is 23.8 Å². The van der Waals surface area contributed by atoms with Gasteiger partial charge in [-0.25, -0.2) is 4.68 Å². The zero-order valence-corrected chi connectivity index (χ0v) is 11.8. The molecule has 0 amide bonds. The summed E-state index contributed by atoms with van der Waals surface area (Å²) in [6.07, 6.45) is 5.56. The Morgan fingerprint density at radius 1 is 1.53 bits per heavy atom. The summed E-state index contributed by atoms with van der Waals surface area (Å²) in [7, 11) is 0. The SMILES string of the molecule is O=c1c(Br)c(NCc2ccon2)cnn1CC1CC1. The van der Waals surface area contributed by atoms with Crippen molar-refractivity contribution in [3.05, 3.63) is 39.0 Å². The summed E-state index contributed by atoms with van der Waals surface area (Å²) in [6.45, 7) is 1.20. The molecule has 1 aliphatic rings. The average molecular weight is 325 g/mol. The fourth-order valence-electron chi connectivity index (χ4n) is 1.78. The first kappa shape index (κ1) is 12.4. The van der Waals surface area contributed by atoms with E-state index in [0.29, 0.717) is 29.2 Å². The minimum Gasteiger partial charge on any atom is -0.377 e. The molecule has 0 atom stereocenters. The number of anilines is 1. The van der Waals surface area contributed by atoms with E-state index in [2.05, 4.69) is 31.5 Å². The summed E-state index contributed by atoms with van der Waals surface area (Å²) in [4.78, 5) is 12.1. The van der Waals surface area contributed by atoms with Crippen LogP contribution in [0.15, 0.2) is 32.3 Å². The predicted molar refractivity (Wildman–Crippen MR) is 72.8 cm³/mol. The smallest absolute Gasteiger partial charge is 0.283 e. The summed E-state index contributed by atoms with van der Waals surface area (Å²) < 4.78 is 6.77. The van der Waals surface area contributed by atoms with Crippen LogP contribution in [-0.2, 0) is 13.1 Å². The van der Waals surface area contributed by atoms with Crippen LogP contribution >= 0.6 is 15.9 Å². The van der Waals surface area contributed by atoms with E-state index in [-0.39, 0.29) is 5.56 Å². The molecule has 2 aromatic rings. The molecule has 0 spiro atoms. The van der Waals surface area contributed by atoms with Crippen LogP contribution in [0.5, 0.6) is 0 Å². The molecule has 0 aromatic carbocycles. The van der Waals surface area contributed by atoms with Crippen LogP contribution in [0.25, 0.3) is 0 Å². The van der Waals surface area contributed by atoms with Crippen LogP contribution in [0.3, 0.4) is 0 Å². The molecule has 0 bridgehead atoms. The third-order valence-electron chi connectivity index (χ3n) is 3.06. The van der Waals surface area contributed by atoms with E-state index < -0.39 is 0 Å². The third-order valence-corrected chi connectivity index (χ3v) is 3.83. The van der Waals surface area contributed by atoms with Crippen molar-refractivity contribution >= 4 is 21.6 Å². The van der Waals surface area contributed by atoms with Crippen molar-refractivity contribution in [3.8, 4) is 0 Å². The van der Waals surface area contributed by atoms with Gasteiger partial charge in [-0.3, -0.25) is 4.79 Å². The van der Waals surface area contributed by atoms with E-state index in [1.807, 2.05) is 0 Å². The van der Waals surface area contributed by atoms with E-state index in [1.54, 1.807) is 12.3 Å². The molecule has 2 aromatic heterocycles. The first-order valence-corrected chi connectivity index (χ1v) is 6.92. The van der Waals surface area contributed by atoms with Gasteiger partial charge in [0.05, 0.1) is 18.4 Å². The van der Waals surface area contributed by atoms with Gasteiger partial charge < -0.3 is 9.84 Å². The largest absolute Gasteiger partial charge is 0.377 e. The van der Waals surface area contributed by atoms with E-state index in [9.17, 15) is 4.79 Å². The molecular weight excluding hydrogens is 312 g/mol. The highest BCUT2D eigenvalue weighted by Crippen LogP contribution is 2.30. The van der Waals surface area contributed by atoms with Crippen molar-refractivity contribution in [2.75, 3.05) is 5.32 Å². The van der Waals surface area contributed by atoms with Crippen molar-refractivity contribution < 1.29 is 4.52 Å². The number of nitrogens with one attached hydrogen (secondary N) is 1. The minimum atomic E-state index is -0.1000. The van der Waals surface area contributed by atoms with Crippen LogP contribution in [-0.4, -0.2) is 14.9 Å². The molecule has 0 saturated heterocycles. The van der Waals surface area contributed by atoms with Gasteiger partial charge in [0.15, 0.2) is 0 Å². The number of hydrogen-bond acceptors (Lipinski definition) is 5. The Balaban J connectivity index is 1.74. The Morgan fingerprint density at radius 2 is 2.37 bits per heavy atom. The number of rotatable bonds is 5. The highest BCUT2D eigenvalue weighted by atomic mass is 79.9. The Labute approximate surface area is 117 Å². The maximum Gasteiger partial charge on any atom is 0.283 e. The van der Waals surface area contributed by atoms with Gasteiger partial charge >= 0.3 is 0 Å². The molecule has 1 N–H and O–H groups in total. The minimum absolute atomic E-state index is 0.1000. The highest BCUT2D eigenvalue weighted by Gasteiger charge is 2.23. The first-order valence-electron chi connectivity index (χ1n) is 6.13. The third kappa shape index (κ3) is 2.86. The van der Waals surface area contributed by atoms with Gasteiger partial charge in [0.2, 0.25) is 0 Å². The van der Waals surface area contributed by atoms with Crippen molar-refractivity contribution in [2.45, 2.75) is 25.9 Å². The van der Waals surface area contributed by atoms with E-state index in [4.69, 9.17) is 4.52 Å². The Kier molecular flexibility index (Phi) is 3.37. The molecule has 1 aliphatic carbocycles. The molecular formula is C12H13BrN4O2. The average Bonchev–Trinajstić information content (AvgIpc) is 3.07. The second-order valence-electron chi connectivity index (χ2n) is 4.65. The maximum atomic E-state index is 12.1. The summed E-state index contributed by atoms with van der Waals surface area (Å²) in [5, 5.41) is 11.1. The van der Waals surface area contributed by atoms with Gasteiger partial charge in [-0.2, -0.15) is 5.10 Å². The summed E-state index contributed by atoms with van der Waals surface area (Å²) in [5.74, 6) is 0.617. The van der Waals surface area contributed by atoms with Crippen LogP contribution < -0.4 is 10.9 Å². The molecule has 100 valence electrons. The topological polar surface area (TPSA) is 73.0 Å². The van der Waals surface area contributed by atoms with Crippen molar-refractivity contribution in [1.82, 2.24) is 14.9 Å². The predicted octanol–water partition coefficient (Wildman–Crippen LogP) is 2.02. The normalized spacial score (nSPS) is 14.6. The monoisotopic (exact) mass is 324 g/mol. The van der Waals surface area contributed by atoms with Crippen molar-refractivity contribution in [2.24, 2.45) is 5.92 Å². The zero-order chi connectivity index (χ0) is 13.2. The summed E-state index contributed by atoms with van der Waals surface area (Å²) in [5.41, 5.74) is 1.34. The Bertz CT molecular complexity index is 619. The van der Waals surface area contributed by atoms with Crippen LogP contribution in [0.4, 0.5) is 5.69 Å². The van der Waals surface area contributed by atoms with Gasteiger partial charge in [0.1, 0.15) is 16.4 Å². The lowest BCUT2D eigenvalue weighted by molar-refractivity contribution is 0.412. The molecule has 2 heterocycles. The standard InChI is InChI=1S/C12H13BrN4O2/c13-11-10(14-5-9-3-4-19-16-9)6-15-17(12(11)18)7-8-1-2-8/h3-4,6,8,14H,1-2,5,7H2. The quantitative estimate of drug-likeness (QED) is 0.910. The van der Waals surface area contributed by atoms with Gasteiger partial charge in [-0.05, 0) is 34.7 Å². The molecule has 7 heteroatoms. The zero-order valence-electron chi connectivity index (χ0n) is 10.2. The second kappa shape index (κ2) is 5.16. The fraction of sp³-hybridized carbons (Fsp3) is 0.417. The molecule has 0 aliphatic heterocycles. The number of halogens is 1. The first-order chi connectivity index (χ1) is 9.24. The second-order valence-corrected chi connectivity index (χ2v) is 5.44. The molecule has 19 heavy (non-hydrogen) atoms. The molecule has 1 saturated carbocycles. The lowest BCUT2D eigenvalue weighted by Crippen LogP contribution is -2.25. The van der Waals surface area contributed by atoms with Gasteiger partial charge in [-0.1, -0.05) is 5.16 Å². The molecule has 0 radical (unpaired) electrons. The lowest BCUT2D eigenvalue weighted by atomic mass is 10.4. The number of hydrogen-bond donors (Lipinski definition) is 1. The highest BCUT2D eigenvalue weighted by molar-refractivity contribution is 9.10. The summed E-state index contributed by atoms with van der Waals surface area (Å²) in [6, 6.07) is 1.77. The van der Waals surface area contributed by atoms with Gasteiger partial charge in [0.25, 0.3) is 5.56 Å². The molecule has 1 fully saturated rings. The van der Waals surface area contributed by atoms with Gasteiger partial charge in [-0.15, -0.1) is 0 Å².